The van der Waals surface area contributed by atoms with E-state index in [4.69, 9.17) is 11.6 Å². The summed E-state index contributed by atoms with van der Waals surface area (Å²) in [6, 6.07) is 6.40. The van der Waals surface area contributed by atoms with E-state index in [1.807, 2.05) is 0 Å². The molecule has 0 heterocycles. The van der Waals surface area contributed by atoms with Gasteiger partial charge in [-0.25, -0.2) is 13.1 Å². The summed E-state index contributed by atoms with van der Waals surface area (Å²) < 4.78 is 65.0. The van der Waals surface area contributed by atoms with Crippen LogP contribution in [0.15, 0.2) is 41.3 Å². The van der Waals surface area contributed by atoms with Crippen molar-refractivity contribution in [2.75, 3.05) is 31.4 Å². The van der Waals surface area contributed by atoms with Gasteiger partial charge in [-0.15, -0.1) is 0 Å². The number of anilines is 2. The summed E-state index contributed by atoms with van der Waals surface area (Å²) in [6.07, 6.45) is -4.59. The summed E-state index contributed by atoms with van der Waals surface area (Å²) in [5.74, 6) is -0.847. The van der Waals surface area contributed by atoms with Crippen LogP contribution in [0.1, 0.15) is 15.9 Å². The quantitative estimate of drug-likeness (QED) is 0.752. The van der Waals surface area contributed by atoms with Crippen molar-refractivity contribution in [1.29, 1.82) is 0 Å². The topological polar surface area (TPSA) is 78.5 Å². The van der Waals surface area contributed by atoms with Crippen molar-refractivity contribution in [3.8, 4) is 0 Å². The third-order valence-corrected chi connectivity index (χ3v) is 5.56. The lowest BCUT2D eigenvalue weighted by molar-refractivity contribution is -0.137. The standard InChI is InChI=1S/C17H17ClF3N3O3S/c1-22-28(26,27)11-5-6-13(18)12(9-11)16(25)23-14-8-10(17(19,20)21)4-7-15(14)24(2)3/h4-9,22H,1-3H3,(H,23,25). The first-order chi connectivity index (χ1) is 12.9. The molecule has 11 heteroatoms. The minimum atomic E-state index is -4.59. The van der Waals surface area contributed by atoms with E-state index in [2.05, 4.69) is 10.0 Å². The molecule has 0 aliphatic carbocycles. The number of nitrogens with zero attached hydrogens (tertiary/aromatic N) is 1. The fraction of sp³-hybridized carbons (Fsp3) is 0.235. The van der Waals surface area contributed by atoms with E-state index >= 15 is 0 Å². The summed E-state index contributed by atoms with van der Waals surface area (Å²) in [6.45, 7) is 0. The maximum Gasteiger partial charge on any atom is 0.416 e. The van der Waals surface area contributed by atoms with Gasteiger partial charge < -0.3 is 10.2 Å². The van der Waals surface area contributed by atoms with Gasteiger partial charge in [0.15, 0.2) is 0 Å². The fourth-order valence-electron chi connectivity index (χ4n) is 2.36. The molecule has 2 N–H and O–H groups in total. The Labute approximate surface area is 165 Å². The van der Waals surface area contributed by atoms with E-state index in [1.165, 1.54) is 30.1 Å². The lowest BCUT2D eigenvalue weighted by Crippen LogP contribution is -2.21. The van der Waals surface area contributed by atoms with E-state index in [-0.39, 0.29) is 21.2 Å². The second-order valence-electron chi connectivity index (χ2n) is 5.93. The van der Waals surface area contributed by atoms with Crippen molar-refractivity contribution in [3.63, 3.8) is 0 Å². The van der Waals surface area contributed by atoms with Gasteiger partial charge in [-0.3, -0.25) is 4.79 Å². The molecule has 152 valence electrons. The average Bonchev–Trinajstić information content (AvgIpc) is 2.60. The molecule has 28 heavy (non-hydrogen) atoms. The number of nitrogens with one attached hydrogen (secondary N) is 2. The molecule has 0 aromatic heterocycles. The Bertz CT molecular complexity index is 1010. The molecular formula is C17H17ClF3N3O3S. The predicted octanol–water partition coefficient (Wildman–Crippen LogP) is 3.59. The minimum absolute atomic E-state index is 0.0501. The molecule has 0 aliphatic heterocycles. The summed E-state index contributed by atoms with van der Waals surface area (Å²) in [5.41, 5.74) is -0.898. The molecule has 1 amide bonds. The van der Waals surface area contributed by atoms with Gasteiger partial charge in [-0.2, -0.15) is 13.2 Å². The zero-order chi connectivity index (χ0) is 21.3. The summed E-state index contributed by atoms with van der Waals surface area (Å²) in [5, 5.41) is 2.33. The van der Waals surface area contributed by atoms with E-state index in [1.54, 1.807) is 14.1 Å². The maximum absolute atomic E-state index is 13.0. The Balaban J connectivity index is 2.49. The highest BCUT2D eigenvalue weighted by Crippen LogP contribution is 2.35. The molecule has 0 radical (unpaired) electrons. The fourth-order valence-corrected chi connectivity index (χ4v) is 3.31. The molecule has 0 spiro atoms. The summed E-state index contributed by atoms with van der Waals surface area (Å²) in [4.78, 5) is 13.9. The van der Waals surface area contributed by atoms with Gasteiger partial charge >= 0.3 is 6.18 Å². The van der Waals surface area contributed by atoms with Gasteiger partial charge in [-0.05, 0) is 43.4 Å². The normalized spacial score (nSPS) is 12.0. The van der Waals surface area contributed by atoms with E-state index in [0.29, 0.717) is 5.69 Å². The Morgan fingerprint density at radius 1 is 1.11 bits per heavy atom. The van der Waals surface area contributed by atoms with Crippen LogP contribution < -0.4 is 14.9 Å². The lowest BCUT2D eigenvalue weighted by Gasteiger charge is -2.20. The number of sulfonamides is 1. The first kappa shape index (κ1) is 22.0. The van der Waals surface area contributed by atoms with Crippen LogP contribution in [0.3, 0.4) is 0 Å². The third-order valence-electron chi connectivity index (χ3n) is 3.82. The second-order valence-corrected chi connectivity index (χ2v) is 8.22. The van der Waals surface area contributed by atoms with Crippen LogP contribution in [0, 0.1) is 0 Å². The van der Waals surface area contributed by atoms with Crippen LogP contribution >= 0.6 is 11.6 Å². The number of hydrogen-bond acceptors (Lipinski definition) is 4. The first-order valence-corrected chi connectivity index (χ1v) is 9.66. The zero-order valence-corrected chi connectivity index (χ0v) is 16.6. The molecule has 2 aromatic rings. The van der Waals surface area contributed by atoms with Crippen LogP contribution in [0.5, 0.6) is 0 Å². The van der Waals surface area contributed by atoms with Crippen molar-refractivity contribution >= 4 is 38.9 Å². The molecule has 0 aliphatic rings. The van der Waals surface area contributed by atoms with Gasteiger partial charge in [0.1, 0.15) is 0 Å². The number of rotatable bonds is 5. The van der Waals surface area contributed by atoms with Gasteiger partial charge in [0.05, 0.1) is 32.4 Å². The van der Waals surface area contributed by atoms with Gasteiger partial charge in [0.25, 0.3) is 5.91 Å². The third kappa shape index (κ3) is 4.75. The Morgan fingerprint density at radius 2 is 1.75 bits per heavy atom. The van der Waals surface area contributed by atoms with Crippen LogP contribution in [0.4, 0.5) is 24.5 Å². The molecule has 0 atom stereocenters. The second kappa shape index (κ2) is 7.98. The molecular weight excluding hydrogens is 419 g/mol. The Kier molecular flexibility index (Phi) is 6.27. The number of carbonyl (C=O) groups is 1. The Morgan fingerprint density at radius 3 is 2.29 bits per heavy atom. The highest BCUT2D eigenvalue weighted by atomic mass is 35.5. The smallest absolute Gasteiger partial charge is 0.376 e. The molecule has 0 bridgehead atoms. The van der Waals surface area contributed by atoms with E-state index in [0.717, 1.165) is 18.2 Å². The minimum Gasteiger partial charge on any atom is -0.376 e. The Hall–Kier alpha value is -2.30. The monoisotopic (exact) mass is 435 g/mol. The van der Waals surface area contributed by atoms with Crippen LogP contribution in [-0.4, -0.2) is 35.5 Å². The van der Waals surface area contributed by atoms with Gasteiger partial charge in [0.2, 0.25) is 10.0 Å². The van der Waals surface area contributed by atoms with Gasteiger partial charge in [0, 0.05) is 14.1 Å². The average molecular weight is 436 g/mol. The maximum atomic E-state index is 13.0. The summed E-state index contributed by atoms with van der Waals surface area (Å²) in [7, 11) is 0.572. The number of benzene rings is 2. The SMILES string of the molecule is CNS(=O)(=O)c1ccc(Cl)c(C(=O)Nc2cc(C(F)(F)F)ccc2N(C)C)c1. The highest BCUT2D eigenvalue weighted by molar-refractivity contribution is 7.89. The lowest BCUT2D eigenvalue weighted by atomic mass is 10.1. The first-order valence-electron chi connectivity index (χ1n) is 7.80. The molecule has 2 aromatic carbocycles. The predicted molar refractivity (Wildman–Crippen MR) is 101 cm³/mol. The molecule has 0 saturated heterocycles. The number of amides is 1. The van der Waals surface area contributed by atoms with Crippen molar-refractivity contribution < 1.29 is 26.4 Å². The molecule has 0 unspecified atom stereocenters. The van der Waals surface area contributed by atoms with Crippen LogP contribution in [-0.2, 0) is 16.2 Å². The van der Waals surface area contributed by atoms with E-state index < -0.39 is 27.7 Å². The highest BCUT2D eigenvalue weighted by Gasteiger charge is 2.31. The number of alkyl halides is 3. The van der Waals surface area contributed by atoms with Gasteiger partial charge in [-0.1, -0.05) is 11.6 Å². The molecule has 2 rings (SSSR count). The number of carbonyl (C=O) groups excluding carboxylic acids is 1. The summed E-state index contributed by atoms with van der Waals surface area (Å²) >= 11 is 5.99. The van der Waals surface area contributed by atoms with Crippen LogP contribution in [0.2, 0.25) is 5.02 Å². The van der Waals surface area contributed by atoms with Crippen molar-refractivity contribution in [3.05, 3.63) is 52.5 Å². The van der Waals surface area contributed by atoms with Crippen molar-refractivity contribution in [2.24, 2.45) is 0 Å². The molecule has 6 nitrogen and oxygen atoms in total. The van der Waals surface area contributed by atoms with Crippen molar-refractivity contribution in [2.45, 2.75) is 11.1 Å². The molecule has 0 saturated carbocycles. The van der Waals surface area contributed by atoms with E-state index in [9.17, 15) is 26.4 Å². The van der Waals surface area contributed by atoms with Crippen molar-refractivity contribution in [1.82, 2.24) is 4.72 Å². The van der Waals surface area contributed by atoms with Crippen LogP contribution in [0.25, 0.3) is 0 Å². The zero-order valence-electron chi connectivity index (χ0n) is 15.1. The largest absolute Gasteiger partial charge is 0.416 e. The number of hydrogen-bond donors (Lipinski definition) is 2. The molecule has 0 fully saturated rings. The number of halogens is 4.